The molecule has 2 fully saturated rings. The summed E-state index contributed by atoms with van der Waals surface area (Å²) < 4.78 is 21.0. The van der Waals surface area contributed by atoms with E-state index in [0.717, 1.165) is 0 Å². The van der Waals surface area contributed by atoms with Crippen LogP contribution in [0.3, 0.4) is 0 Å². The molecule has 0 aromatic heterocycles. The largest absolute Gasteiger partial charge is 0.467 e. The highest BCUT2D eigenvalue weighted by molar-refractivity contribution is 5.75. The highest BCUT2D eigenvalue weighted by atomic mass is 16.8. The summed E-state index contributed by atoms with van der Waals surface area (Å²) in [7, 11) is 1.33. The van der Waals surface area contributed by atoms with E-state index in [1.807, 2.05) is 13.8 Å². The third-order valence-electron chi connectivity index (χ3n) is 2.39. The molecule has 2 heterocycles. The van der Waals surface area contributed by atoms with E-state index in [1.165, 1.54) is 7.11 Å². The predicted molar refractivity (Wildman–Crippen MR) is 45.6 cm³/mol. The molecule has 0 radical (unpaired) electrons. The molecule has 0 N–H and O–H groups in total. The number of carbonyl (C=O) groups excluding carboxylic acids is 1. The van der Waals surface area contributed by atoms with Crippen LogP contribution in [0.2, 0.25) is 0 Å². The fraction of sp³-hybridized carbons (Fsp3) is 0.889. The van der Waals surface area contributed by atoms with Gasteiger partial charge in [-0.25, -0.2) is 4.79 Å². The van der Waals surface area contributed by atoms with Crippen LogP contribution in [-0.4, -0.2) is 43.8 Å². The van der Waals surface area contributed by atoms with Gasteiger partial charge in [0.15, 0.2) is 11.9 Å². The van der Waals surface area contributed by atoms with Crippen LogP contribution < -0.4 is 0 Å². The van der Waals surface area contributed by atoms with Crippen molar-refractivity contribution in [3.8, 4) is 0 Å². The molecule has 0 aliphatic carbocycles. The highest BCUT2D eigenvalue weighted by Gasteiger charge is 2.53. The average Bonchev–Trinajstić information content (AvgIpc) is 2.58. The number of carbonyl (C=O) groups is 1. The van der Waals surface area contributed by atoms with Gasteiger partial charge in [0, 0.05) is 0 Å². The molecule has 80 valence electrons. The Hall–Kier alpha value is -0.650. The van der Waals surface area contributed by atoms with Crippen molar-refractivity contribution in [3.05, 3.63) is 0 Å². The molecule has 2 saturated heterocycles. The van der Waals surface area contributed by atoms with Crippen LogP contribution in [0.1, 0.15) is 13.8 Å². The molecular formula is C9H14O5. The standard InChI is InChI=1S/C9H14O5/c1-9(2)13-5-4-12-7(6(5)14-9)8(10)11-3/h5-7H,4H2,1-3H3. The van der Waals surface area contributed by atoms with E-state index < -0.39 is 17.9 Å². The van der Waals surface area contributed by atoms with Gasteiger partial charge in [0.2, 0.25) is 0 Å². The second-order valence-corrected chi connectivity index (χ2v) is 3.92. The maximum absolute atomic E-state index is 11.3. The molecule has 0 aromatic rings. The fourth-order valence-corrected chi connectivity index (χ4v) is 1.86. The lowest BCUT2D eigenvalue weighted by atomic mass is 10.1. The molecule has 2 aliphatic rings. The number of hydrogen-bond donors (Lipinski definition) is 0. The van der Waals surface area contributed by atoms with Crippen LogP contribution in [0, 0.1) is 0 Å². The van der Waals surface area contributed by atoms with Crippen molar-refractivity contribution < 1.29 is 23.7 Å². The Morgan fingerprint density at radius 2 is 2.14 bits per heavy atom. The normalized spacial score (nSPS) is 39.5. The molecule has 0 bridgehead atoms. The van der Waals surface area contributed by atoms with Crippen LogP contribution in [0.5, 0.6) is 0 Å². The Labute approximate surface area is 82.3 Å². The summed E-state index contributed by atoms with van der Waals surface area (Å²) in [6.45, 7) is 4.02. The van der Waals surface area contributed by atoms with E-state index in [-0.39, 0.29) is 12.2 Å². The topological polar surface area (TPSA) is 54.0 Å². The summed E-state index contributed by atoms with van der Waals surface area (Å²) in [5, 5.41) is 0. The Balaban J connectivity index is 2.08. The smallest absolute Gasteiger partial charge is 0.337 e. The van der Waals surface area contributed by atoms with E-state index in [9.17, 15) is 4.79 Å². The maximum Gasteiger partial charge on any atom is 0.337 e. The van der Waals surface area contributed by atoms with Gasteiger partial charge in [-0.15, -0.1) is 0 Å². The summed E-state index contributed by atoms with van der Waals surface area (Å²) in [6.07, 6.45) is -1.14. The Morgan fingerprint density at radius 3 is 2.79 bits per heavy atom. The van der Waals surface area contributed by atoms with Crippen LogP contribution in [0.15, 0.2) is 0 Å². The first kappa shape index (κ1) is 9.89. The van der Waals surface area contributed by atoms with E-state index in [2.05, 4.69) is 4.74 Å². The monoisotopic (exact) mass is 202 g/mol. The van der Waals surface area contributed by atoms with Crippen molar-refractivity contribution in [2.45, 2.75) is 37.9 Å². The summed E-state index contributed by atoms with van der Waals surface area (Å²) in [5.41, 5.74) is 0. The summed E-state index contributed by atoms with van der Waals surface area (Å²) >= 11 is 0. The number of rotatable bonds is 1. The zero-order chi connectivity index (χ0) is 10.3. The average molecular weight is 202 g/mol. The molecule has 0 aromatic carbocycles. The van der Waals surface area contributed by atoms with Gasteiger partial charge in [0.1, 0.15) is 12.2 Å². The maximum atomic E-state index is 11.3. The fourth-order valence-electron chi connectivity index (χ4n) is 1.86. The van der Waals surface area contributed by atoms with Gasteiger partial charge in [0.05, 0.1) is 13.7 Å². The zero-order valence-corrected chi connectivity index (χ0v) is 8.48. The summed E-state index contributed by atoms with van der Waals surface area (Å²) in [5.74, 6) is -1.04. The molecular weight excluding hydrogens is 188 g/mol. The first-order valence-electron chi connectivity index (χ1n) is 4.58. The van der Waals surface area contributed by atoms with Crippen molar-refractivity contribution in [2.75, 3.05) is 13.7 Å². The van der Waals surface area contributed by atoms with Gasteiger partial charge in [-0.3, -0.25) is 0 Å². The molecule has 14 heavy (non-hydrogen) atoms. The zero-order valence-electron chi connectivity index (χ0n) is 8.48. The van der Waals surface area contributed by atoms with Crippen molar-refractivity contribution in [2.24, 2.45) is 0 Å². The quantitative estimate of drug-likeness (QED) is 0.563. The van der Waals surface area contributed by atoms with Crippen molar-refractivity contribution in [3.63, 3.8) is 0 Å². The van der Waals surface area contributed by atoms with Crippen molar-refractivity contribution in [1.82, 2.24) is 0 Å². The molecule has 3 unspecified atom stereocenters. The molecule has 2 rings (SSSR count). The second-order valence-electron chi connectivity index (χ2n) is 3.92. The Bertz CT molecular complexity index is 250. The van der Waals surface area contributed by atoms with Gasteiger partial charge >= 0.3 is 5.97 Å². The summed E-state index contributed by atoms with van der Waals surface area (Å²) in [4.78, 5) is 11.3. The number of fused-ring (bicyclic) bond motifs is 1. The number of ether oxygens (including phenoxy) is 4. The minimum atomic E-state index is -0.647. The minimum absolute atomic E-state index is 0.158. The first-order valence-corrected chi connectivity index (χ1v) is 4.58. The van der Waals surface area contributed by atoms with E-state index in [4.69, 9.17) is 14.2 Å². The Morgan fingerprint density at radius 1 is 1.43 bits per heavy atom. The third-order valence-corrected chi connectivity index (χ3v) is 2.39. The van der Waals surface area contributed by atoms with Crippen LogP contribution in [0.4, 0.5) is 0 Å². The van der Waals surface area contributed by atoms with Crippen molar-refractivity contribution >= 4 is 5.97 Å². The lowest BCUT2D eigenvalue weighted by Gasteiger charge is -2.20. The van der Waals surface area contributed by atoms with E-state index in [1.54, 1.807) is 0 Å². The number of hydrogen-bond acceptors (Lipinski definition) is 5. The summed E-state index contributed by atoms with van der Waals surface area (Å²) in [6, 6.07) is 0. The molecule has 0 amide bonds. The lowest BCUT2D eigenvalue weighted by Crippen LogP contribution is -2.36. The molecule has 5 nitrogen and oxygen atoms in total. The van der Waals surface area contributed by atoms with Gasteiger partial charge in [-0.05, 0) is 13.8 Å². The number of methoxy groups -OCH3 is 1. The third kappa shape index (κ3) is 1.51. The SMILES string of the molecule is COC(=O)C1OCC2OC(C)(C)OC21. The highest BCUT2D eigenvalue weighted by Crippen LogP contribution is 2.35. The van der Waals surface area contributed by atoms with Gasteiger partial charge in [0.25, 0.3) is 0 Å². The predicted octanol–water partition coefficient (Wildman–Crippen LogP) is 0.0783. The van der Waals surface area contributed by atoms with Gasteiger partial charge in [-0.2, -0.15) is 0 Å². The molecule has 0 spiro atoms. The molecule has 2 aliphatic heterocycles. The molecule has 0 saturated carbocycles. The lowest BCUT2D eigenvalue weighted by molar-refractivity contribution is -0.185. The van der Waals surface area contributed by atoms with Gasteiger partial charge < -0.3 is 18.9 Å². The minimum Gasteiger partial charge on any atom is -0.467 e. The van der Waals surface area contributed by atoms with Crippen molar-refractivity contribution in [1.29, 1.82) is 0 Å². The van der Waals surface area contributed by atoms with E-state index in [0.29, 0.717) is 6.61 Å². The van der Waals surface area contributed by atoms with Gasteiger partial charge in [-0.1, -0.05) is 0 Å². The van der Waals surface area contributed by atoms with Crippen LogP contribution in [0.25, 0.3) is 0 Å². The van der Waals surface area contributed by atoms with E-state index >= 15 is 0 Å². The molecule has 3 atom stereocenters. The number of esters is 1. The molecule has 5 heteroatoms. The van der Waals surface area contributed by atoms with Crippen LogP contribution >= 0.6 is 0 Å². The second kappa shape index (κ2) is 3.18. The Kier molecular flexibility index (Phi) is 2.25. The first-order chi connectivity index (χ1) is 6.53. The van der Waals surface area contributed by atoms with Crippen LogP contribution in [-0.2, 0) is 23.7 Å².